The van der Waals surface area contributed by atoms with Crippen LogP contribution in [0.5, 0.6) is 0 Å². The minimum Gasteiger partial charge on any atom is -0.385 e. The number of nitrogens with two attached hydrogens (primary N) is 1. The first-order valence-corrected chi connectivity index (χ1v) is 6.73. The maximum atomic E-state index is 11.5. The highest BCUT2D eigenvalue weighted by Gasteiger charge is 2.19. The van der Waals surface area contributed by atoms with Crippen LogP contribution in [-0.2, 0) is 9.53 Å². The van der Waals surface area contributed by atoms with Crippen LogP contribution in [0.1, 0.15) is 44.9 Å². The van der Waals surface area contributed by atoms with Crippen LogP contribution in [-0.4, -0.2) is 32.2 Å². The molecule has 100 valence electrons. The van der Waals surface area contributed by atoms with E-state index in [9.17, 15) is 4.79 Å². The molecule has 0 aliphatic heterocycles. The van der Waals surface area contributed by atoms with E-state index in [4.69, 9.17) is 10.5 Å². The van der Waals surface area contributed by atoms with Gasteiger partial charge in [0.05, 0.1) is 0 Å². The van der Waals surface area contributed by atoms with Gasteiger partial charge in [-0.05, 0) is 31.6 Å². The van der Waals surface area contributed by atoms with Gasteiger partial charge in [-0.2, -0.15) is 0 Å². The Hall–Kier alpha value is -0.610. The van der Waals surface area contributed by atoms with Crippen LogP contribution < -0.4 is 11.1 Å². The SMILES string of the molecule is COCCCNC(=O)CCC1CCCC(N)C1. The molecule has 0 aromatic heterocycles. The Labute approximate surface area is 104 Å². The molecular weight excluding hydrogens is 216 g/mol. The molecule has 17 heavy (non-hydrogen) atoms. The van der Waals surface area contributed by atoms with E-state index in [1.54, 1.807) is 7.11 Å². The van der Waals surface area contributed by atoms with E-state index in [1.165, 1.54) is 12.8 Å². The van der Waals surface area contributed by atoms with Gasteiger partial charge in [0.25, 0.3) is 0 Å². The third kappa shape index (κ3) is 6.64. The van der Waals surface area contributed by atoms with Crippen molar-refractivity contribution in [2.24, 2.45) is 11.7 Å². The zero-order valence-corrected chi connectivity index (χ0v) is 10.9. The Kier molecular flexibility index (Phi) is 7.21. The summed E-state index contributed by atoms with van der Waals surface area (Å²) in [6.07, 6.45) is 7.23. The Morgan fingerprint density at radius 1 is 1.47 bits per heavy atom. The normalized spacial score (nSPS) is 24.6. The molecule has 1 rings (SSSR count). The monoisotopic (exact) mass is 242 g/mol. The summed E-state index contributed by atoms with van der Waals surface area (Å²) in [6.45, 7) is 1.43. The van der Waals surface area contributed by atoms with Crippen molar-refractivity contribution in [2.75, 3.05) is 20.3 Å². The molecule has 1 aliphatic carbocycles. The van der Waals surface area contributed by atoms with Gasteiger partial charge >= 0.3 is 0 Å². The first-order chi connectivity index (χ1) is 8.22. The molecule has 0 aromatic carbocycles. The summed E-state index contributed by atoms with van der Waals surface area (Å²) >= 11 is 0. The minimum absolute atomic E-state index is 0.167. The maximum absolute atomic E-state index is 11.5. The van der Waals surface area contributed by atoms with Crippen molar-refractivity contribution < 1.29 is 9.53 Å². The lowest BCUT2D eigenvalue weighted by Crippen LogP contribution is -2.29. The molecule has 3 N–H and O–H groups in total. The molecular formula is C13H26N2O2. The first-order valence-electron chi connectivity index (χ1n) is 6.73. The smallest absolute Gasteiger partial charge is 0.220 e. The molecule has 0 spiro atoms. The maximum Gasteiger partial charge on any atom is 0.220 e. The molecule has 2 unspecified atom stereocenters. The Morgan fingerprint density at radius 3 is 3.00 bits per heavy atom. The summed E-state index contributed by atoms with van der Waals surface area (Å²) in [6, 6.07) is 0.360. The molecule has 2 atom stereocenters. The predicted octanol–water partition coefficient (Wildman–Crippen LogP) is 1.44. The lowest BCUT2D eigenvalue weighted by Gasteiger charge is -2.26. The van der Waals surface area contributed by atoms with E-state index < -0.39 is 0 Å². The summed E-state index contributed by atoms with van der Waals surface area (Å²) in [5, 5.41) is 2.92. The van der Waals surface area contributed by atoms with Gasteiger partial charge < -0.3 is 15.8 Å². The van der Waals surface area contributed by atoms with Crippen molar-refractivity contribution in [3.8, 4) is 0 Å². The predicted molar refractivity (Wildman–Crippen MR) is 68.7 cm³/mol. The van der Waals surface area contributed by atoms with E-state index in [1.807, 2.05) is 0 Å². The standard InChI is InChI=1S/C13H26N2O2/c1-17-9-3-8-15-13(16)7-6-11-4-2-5-12(14)10-11/h11-12H,2-10,14H2,1H3,(H,15,16). The highest BCUT2D eigenvalue weighted by atomic mass is 16.5. The van der Waals surface area contributed by atoms with Crippen molar-refractivity contribution in [3.05, 3.63) is 0 Å². The number of nitrogens with one attached hydrogen (secondary N) is 1. The van der Waals surface area contributed by atoms with Crippen molar-refractivity contribution in [1.29, 1.82) is 0 Å². The van der Waals surface area contributed by atoms with Crippen molar-refractivity contribution in [2.45, 2.75) is 51.0 Å². The van der Waals surface area contributed by atoms with Crippen LogP contribution in [0.2, 0.25) is 0 Å². The van der Waals surface area contributed by atoms with Crippen LogP contribution in [0.3, 0.4) is 0 Å². The molecule has 0 radical (unpaired) electrons. The number of hydrogen-bond acceptors (Lipinski definition) is 3. The summed E-state index contributed by atoms with van der Waals surface area (Å²) in [4.78, 5) is 11.5. The largest absolute Gasteiger partial charge is 0.385 e. The van der Waals surface area contributed by atoms with Gasteiger partial charge in [-0.15, -0.1) is 0 Å². The molecule has 1 fully saturated rings. The summed E-state index contributed by atoms with van der Waals surface area (Å²) in [5.41, 5.74) is 5.93. The minimum atomic E-state index is 0.167. The lowest BCUT2D eigenvalue weighted by atomic mass is 9.83. The van der Waals surface area contributed by atoms with Crippen molar-refractivity contribution >= 4 is 5.91 Å². The van der Waals surface area contributed by atoms with Crippen LogP contribution in [0.4, 0.5) is 0 Å². The lowest BCUT2D eigenvalue weighted by molar-refractivity contribution is -0.121. The molecule has 1 saturated carbocycles. The number of carbonyl (C=O) groups is 1. The number of rotatable bonds is 7. The number of amides is 1. The fourth-order valence-electron chi connectivity index (χ4n) is 2.46. The molecule has 0 heterocycles. The van der Waals surface area contributed by atoms with Gasteiger partial charge in [-0.1, -0.05) is 12.8 Å². The van der Waals surface area contributed by atoms with Crippen molar-refractivity contribution in [1.82, 2.24) is 5.32 Å². The van der Waals surface area contributed by atoms with Gasteiger partial charge in [0.15, 0.2) is 0 Å². The topological polar surface area (TPSA) is 64.3 Å². The molecule has 0 aromatic rings. The molecule has 0 bridgehead atoms. The zero-order chi connectivity index (χ0) is 12.5. The fourth-order valence-corrected chi connectivity index (χ4v) is 2.46. The molecule has 4 heteroatoms. The molecule has 0 saturated heterocycles. The third-order valence-electron chi connectivity index (χ3n) is 3.45. The summed E-state index contributed by atoms with van der Waals surface area (Å²) in [5.74, 6) is 0.823. The fraction of sp³-hybridized carbons (Fsp3) is 0.923. The van der Waals surface area contributed by atoms with Crippen LogP contribution in [0.25, 0.3) is 0 Å². The number of carbonyl (C=O) groups excluding carboxylic acids is 1. The van der Waals surface area contributed by atoms with Gasteiger partial charge in [0.2, 0.25) is 5.91 Å². The van der Waals surface area contributed by atoms with Gasteiger partial charge in [0.1, 0.15) is 0 Å². The molecule has 4 nitrogen and oxygen atoms in total. The number of ether oxygens (including phenoxy) is 1. The van der Waals surface area contributed by atoms with Crippen LogP contribution in [0.15, 0.2) is 0 Å². The Bertz CT molecular complexity index is 221. The van der Waals surface area contributed by atoms with Crippen molar-refractivity contribution in [3.63, 3.8) is 0 Å². The van der Waals surface area contributed by atoms with E-state index in [0.29, 0.717) is 25.0 Å². The quantitative estimate of drug-likeness (QED) is 0.664. The molecule has 1 aliphatic rings. The third-order valence-corrected chi connectivity index (χ3v) is 3.45. The zero-order valence-electron chi connectivity index (χ0n) is 10.9. The Balaban J connectivity index is 2.02. The van der Waals surface area contributed by atoms with E-state index in [2.05, 4.69) is 5.32 Å². The van der Waals surface area contributed by atoms with E-state index in [0.717, 1.165) is 32.2 Å². The van der Waals surface area contributed by atoms with Gasteiger partial charge in [-0.25, -0.2) is 0 Å². The molecule has 1 amide bonds. The summed E-state index contributed by atoms with van der Waals surface area (Å²) < 4.78 is 4.93. The van der Waals surface area contributed by atoms with E-state index in [-0.39, 0.29) is 5.91 Å². The number of hydrogen-bond donors (Lipinski definition) is 2. The van der Waals surface area contributed by atoms with Crippen LogP contribution >= 0.6 is 0 Å². The highest BCUT2D eigenvalue weighted by Crippen LogP contribution is 2.26. The van der Waals surface area contributed by atoms with Gasteiger partial charge in [0, 0.05) is 32.7 Å². The van der Waals surface area contributed by atoms with E-state index >= 15 is 0 Å². The highest BCUT2D eigenvalue weighted by molar-refractivity contribution is 5.75. The summed E-state index contributed by atoms with van der Waals surface area (Å²) in [7, 11) is 1.67. The second-order valence-electron chi connectivity index (χ2n) is 5.03. The first kappa shape index (κ1) is 14.5. The second-order valence-corrected chi connectivity index (χ2v) is 5.03. The second kappa shape index (κ2) is 8.48. The Morgan fingerprint density at radius 2 is 2.29 bits per heavy atom. The average molecular weight is 242 g/mol. The number of methoxy groups -OCH3 is 1. The van der Waals surface area contributed by atoms with Crippen LogP contribution in [0, 0.1) is 5.92 Å². The van der Waals surface area contributed by atoms with Gasteiger partial charge in [-0.3, -0.25) is 4.79 Å². The average Bonchev–Trinajstić information content (AvgIpc) is 2.32.